The quantitative estimate of drug-likeness (QED) is 0.748. The van der Waals surface area contributed by atoms with E-state index in [1.165, 1.54) is 6.07 Å². The zero-order valence-electron chi connectivity index (χ0n) is 15.6. The van der Waals surface area contributed by atoms with Crippen LogP contribution in [0.25, 0.3) is 10.8 Å². The maximum absolute atomic E-state index is 12.9. The zero-order valence-corrected chi connectivity index (χ0v) is 16.4. The summed E-state index contributed by atoms with van der Waals surface area (Å²) < 4.78 is 31.7. The summed E-state index contributed by atoms with van der Waals surface area (Å²) in [6, 6.07) is 12.2. The summed E-state index contributed by atoms with van der Waals surface area (Å²) in [5.41, 5.74) is -0.493. The molecule has 1 heterocycles. The van der Waals surface area contributed by atoms with Crippen LogP contribution in [-0.4, -0.2) is 39.0 Å². The van der Waals surface area contributed by atoms with E-state index >= 15 is 0 Å². The molecule has 0 saturated heterocycles. The first-order chi connectivity index (χ1) is 13.9. The van der Waals surface area contributed by atoms with Crippen molar-refractivity contribution in [1.29, 1.82) is 5.26 Å². The van der Waals surface area contributed by atoms with Crippen molar-refractivity contribution in [3.05, 3.63) is 36.4 Å². The average Bonchev–Trinajstić information content (AvgIpc) is 3.25. The van der Waals surface area contributed by atoms with E-state index in [4.69, 9.17) is 4.74 Å². The fraction of sp³-hybridized carbons (Fsp3) is 0.350. The number of ether oxygens (including phenoxy) is 1. The fourth-order valence-electron chi connectivity index (χ4n) is 3.98. The highest BCUT2D eigenvalue weighted by atomic mass is 32.2. The molecule has 1 amide bonds. The van der Waals surface area contributed by atoms with Crippen LogP contribution in [0.2, 0.25) is 0 Å². The van der Waals surface area contributed by atoms with Crippen LogP contribution in [0.15, 0.2) is 41.3 Å². The number of benzene rings is 2. The van der Waals surface area contributed by atoms with E-state index in [1.807, 2.05) is 0 Å². The first kappa shape index (κ1) is 19.2. The largest absolute Gasteiger partial charge is 0.454 e. The Morgan fingerprint density at radius 3 is 2.55 bits per heavy atom. The van der Waals surface area contributed by atoms with Crippen LogP contribution in [0.5, 0.6) is 0 Å². The molecular formula is C20H19N3O5S. The number of hydrogen-bond acceptors (Lipinski definition) is 6. The maximum atomic E-state index is 12.9. The molecule has 29 heavy (non-hydrogen) atoms. The second kappa shape index (κ2) is 7.04. The van der Waals surface area contributed by atoms with E-state index in [0.29, 0.717) is 23.9 Å². The number of nitriles is 1. The Morgan fingerprint density at radius 1 is 1.17 bits per heavy atom. The van der Waals surface area contributed by atoms with Gasteiger partial charge in [0.2, 0.25) is 0 Å². The van der Waals surface area contributed by atoms with Crippen LogP contribution < -0.4 is 9.62 Å². The lowest BCUT2D eigenvalue weighted by molar-refractivity contribution is -0.147. The van der Waals surface area contributed by atoms with Crippen molar-refractivity contribution >= 4 is 38.4 Å². The fourth-order valence-corrected chi connectivity index (χ4v) is 5.64. The summed E-state index contributed by atoms with van der Waals surface area (Å²) in [5, 5.41) is 13.3. The summed E-state index contributed by atoms with van der Waals surface area (Å²) in [5.74, 6) is -1.41. The number of carbonyl (C=O) groups is 2. The third-order valence-electron chi connectivity index (χ3n) is 5.37. The summed E-state index contributed by atoms with van der Waals surface area (Å²) in [6.07, 6.45) is 2.84. The van der Waals surface area contributed by atoms with Crippen LogP contribution in [0.1, 0.15) is 25.7 Å². The molecule has 1 aliphatic carbocycles. The molecule has 4 rings (SSSR count). The molecule has 1 saturated carbocycles. The molecular weight excluding hydrogens is 394 g/mol. The van der Waals surface area contributed by atoms with Gasteiger partial charge in [0.25, 0.3) is 15.9 Å². The molecule has 150 valence electrons. The van der Waals surface area contributed by atoms with E-state index < -0.39 is 40.6 Å². The Bertz CT molecular complexity index is 1140. The number of nitrogens with one attached hydrogen (secondary N) is 1. The lowest BCUT2D eigenvalue weighted by atomic mass is 10.00. The van der Waals surface area contributed by atoms with Gasteiger partial charge in [-0.1, -0.05) is 24.3 Å². The summed E-state index contributed by atoms with van der Waals surface area (Å²) in [6.45, 7) is -1.10. The number of sulfonamides is 1. The van der Waals surface area contributed by atoms with Gasteiger partial charge >= 0.3 is 5.97 Å². The van der Waals surface area contributed by atoms with E-state index in [1.54, 1.807) is 30.3 Å². The monoisotopic (exact) mass is 413 g/mol. The number of rotatable bonds is 5. The number of esters is 1. The minimum absolute atomic E-state index is 0.147. The van der Waals surface area contributed by atoms with E-state index in [0.717, 1.165) is 22.5 Å². The third kappa shape index (κ3) is 3.29. The van der Waals surface area contributed by atoms with Crippen molar-refractivity contribution in [1.82, 2.24) is 5.32 Å². The van der Waals surface area contributed by atoms with Gasteiger partial charge in [-0.25, -0.2) is 8.42 Å². The summed E-state index contributed by atoms with van der Waals surface area (Å²) >= 11 is 0. The maximum Gasteiger partial charge on any atom is 0.327 e. The minimum atomic E-state index is -3.88. The Labute approximate surface area is 168 Å². The molecule has 2 aliphatic rings. The number of hydrogen-bond donors (Lipinski definition) is 1. The molecule has 1 aliphatic heterocycles. The van der Waals surface area contributed by atoms with Gasteiger partial charge in [0.05, 0.1) is 16.7 Å². The van der Waals surface area contributed by atoms with Crippen LogP contribution in [0.4, 0.5) is 5.69 Å². The number of amides is 1. The van der Waals surface area contributed by atoms with Gasteiger partial charge < -0.3 is 10.1 Å². The lowest BCUT2D eigenvalue weighted by Gasteiger charge is -2.22. The molecule has 0 bridgehead atoms. The van der Waals surface area contributed by atoms with Gasteiger partial charge in [-0.05, 0) is 43.2 Å². The van der Waals surface area contributed by atoms with Crippen molar-refractivity contribution in [2.24, 2.45) is 0 Å². The standard InChI is InChI=1S/C20H19N3O5S/c21-13-20(9-1-2-10-20)22-17(24)12-28-18(25)11-23-15-7-3-5-14-6-4-8-16(19(14)15)29(23,26)27/h3-8H,1-2,9-12H2,(H,22,24). The van der Waals surface area contributed by atoms with Crippen LogP contribution in [-0.2, 0) is 24.3 Å². The Balaban J connectivity index is 1.44. The van der Waals surface area contributed by atoms with Gasteiger partial charge in [0.1, 0.15) is 12.1 Å². The highest BCUT2D eigenvalue weighted by molar-refractivity contribution is 7.93. The smallest absolute Gasteiger partial charge is 0.327 e. The molecule has 0 radical (unpaired) electrons. The molecule has 8 nitrogen and oxygen atoms in total. The normalized spacial score (nSPS) is 18.4. The lowest BCUT2D eigenvalue weighted by Crippen LogP contribution is -2.47. The van der Waals surface area contributed by atoms with Crippen LogP contribution in [0.3, 0.4) is 0 Å². The SMILES string of the molecule is N#CC1(NC(=O)COC(=O)CN2c3cccc4cccc(c34)S2(=O)=O)CCCC1. The Hall–Kier alpha value is -3.12. The van der Waals surface area contributed by atoms with Gasteiger partial charge in [0.15, 0.2) is 6.61 Å². The number of carbonyl (C=O) groups excluding carboxylic acids is 2. The van der Waals surface area contributed by atoms with Crippen molar-refractivity contribution < 1.29 is 22.7 Å². The Kier molecular flexibility index (Phi) is 4.67. The van der Waals surface area contributed by atoms with Crippen LogP contribution in [0, 0.1) is 11.3 Å². The van der Waals surface area contributed by atoms with E-state index in [9.17, 15) is 23.3 Å². The van der Waals surface area contributed by atoms with E-state index in [-0.39, 0.29) is 4.90 Å². The van der Waals surface area contributed by atoms with Gasteiger partial charge in [-0.15, -0.1) is 0 Å². The molecule has 1 N–H and O–H groups in total. The Morgan fingerprint density at radius 2 is 1.86 bits per heavy atom. The molecule has 1 fully saturated rings. The zero-order chi connectivity index (χ0) is 20.6. The van der Waals surface area contributed by atoms with Gasteiger partial charge in [0, 0.05) is 5.39 Å². The second-order valence-corrected chi connectivity index (χ2v) is 9.08. The average molecular weight is 413 g/mol. The number of nitrogens with zero attached hydrogens (tertiary/aromatic N) is 2. The molecule has 2 aromatic carbocycles. The predicted molar refractivity (Wildman–Crippen MR) is 104 cm³/mol. The van der Waals surface area contributed by atoms with Gasteiger partial charge in [-0.2, -0.15) is 5.26 Å². The molecule has 9 heteroatoms. The minimum Gasteiger partial charge on any atom is -0.454 e. The van der Waals surface area contributed by atoms with Crippen molar-refractivity contribution in [2.45, 2.75) is 36.1 Å². The molecule has 0 atom stereocenters. The molecule has 0 aromatic heterocycles. The first-order valence-corrected chi connectivity index (χ1v) is 10.7. The molecule has 2 aromatic rings. The van der Waals surface area contributed by atoms with Gasteiger partial charge in [-0.3, -0.25) is 13.9 Å². The highest BCUT2D eigenvalue weighted by Crippen LogP contribution is 2.41. The third-order valence-corrected chi connectivity index (χ3v) is 7.17. The second-order valence-electron chi connectivity index (χ2n) is 7.25. The van der Waals surface area contributed by atoms with Crippen LogP contribution >= 0.6 is 0 Å². The molecule has 0 unspecified atom stereocenters. The topological polar surface area (TPSA) is 117 Å². The van der Waals surface area contributed by atoms with Crippen molar-refractivity contribution in [3.63, 3.8) is 0 Å². The number of anilines is 1. The van der Waals surface area contributed by atoms with Crippen molar-refractivity contribution in [2.75, 3.05) is 17.5 Å². The van der Waals surface area contributed by atoms with Crippen molar-refractivity contribution in [3.8, 4) is 6.07 Å². The highest BCUT2D eigenvalue weighted by Gasteiger charge is 2.38. The van der Waals surface area contributed by atoms with E-state index in [2.05, 4.69) is 11.4 Å². The first-order valence-electron chi connectivity index (χ1n) is 9.29. The molecule has 0 spiro atoms. The summed E-state index contributed by atoms with van der Waals surface area (Å²) in [7, 11) is -3.88. The summed E-state index contributed by atoms with van der Waals surface area (Å²) in [4.78, 5) is 24.5. The predicted octanol–water partition coefficient (Wildman–Crippen LogP) is 1.84.